The zero-order valence-electron chi connectivity index (χ0n) is 13.9. The van der Waals surface area contributed by atoms with Crippen molar-refractivity contribution in [2.24, 2.45) is 0 Å². The Kier molecular flexibility index (Phi) is 5.78. The highest BCUT2D eigenvalue weighted by molar-refractivity contribution is 5.89. The molecule has 7 nitrogen and oxygen atoms in total. The van der Waals surface area contributed by atoms with E-state index in [0.717, 1.165) is 25.7 Å². The van der Waals surface area contributed by atoms with Gasteiger partial charge >= 0.3 is 0 Å². The molecule has 0 atom stereocenters. The van der Waals surface area contributed by atoms with Crippen molar-refractivity contribution in [1.29, 1.82) is 0 Å². The van der Waals surface area contributed by atoms with Crippen molar-refractivity contribution < 1.29 is 14.8 Å². The Morgan fingerprint density at radius 2 is 2.00 bits per heavy atom. The van der Waals surface area contributed by atoms with Crippen molar-refractivity contribution in [3.05, 3.63) is 38.7 Å². The lowest BCUT2D eigenvalue weighted by molar-refractivity contribution is -0.384. The fourth-order valence-corrected chi connectivity index (χ4v) is 2.67. The van der Waals surface area contributed by atoms with Gasteiger partial charge in [-0.15, -0.1) is 0 Å². The monoisotopic (exact) mass is 334 g/mol. The number of aromatic hydroxyl groups is 1. The van der Waals surface area contributed by atoms with E-state index in [1.54, 1.807) is 6.92 Å². The Balaban J connectivity index is 2.48. The van der Waals surface area contributed by atoms with Crippen LogP contribution in [0.5, 0.6) is 11.5 Å². The van der Waals surface area contributed by atoms with Crippen molar-refractivity contribution in [3.63, 3.8) is 0 Å². The summed E-state index contributed by atoms with van der Waals surface area (Å²) in [6.07, 6.45) is 4.02. The number of fused-ring (bicyclic) bond motifs is 1. The summed E-state index contributed by atoms with van der Waals surface area (Å²) in [6, 6.07) is 4.19. The predicted molar refractivity (Wildman–Crippen MR) is 91.8 cm³/mol. The number of aryl methyl sites for hydroxylation is 1. The molecule has 0 spiro atoms. The van der Waals surface area contributed by atoms with Crippen LogP contribution in [-0.2, 0) is 6.54 Å². The van der Waals surface area contributed by atoms with E-state index >= 15 is 0 Å². The van der Waals surface area contributed by atoms with Gasteiger partial charge in [-0.1, -0.05) is 26.2 Å². The molecule has 1 aromatic heterocycles. The number of nitro benzene ring substituents is 1. The Morgan fingerprint density at radius 1 is 1.25 bits per heavy atom. The lowest BCUT2D eigenvalue weighted by Gasteiger charge is -2.14. The maximum absolute atomic E-state index is 12.3. The summed E-state index contributed by atoms with van der Waals surface area (Å²) in [5, 5.41) is 21.7. The summed E-state index contributed by atoms with van der Waals surface area (Å²) < 4.78 is 6.95. The second-order valence-corrected chi connectivity index (χ2v) is 5.59. The summed E-state index contributed by atoms with van der Waals surface area (Å²) in [6.45, 7) is 4.53. The van der Waals surface area contributed by atoms with Gasteiger partial charge in [0.25, 0.3) is 11.2 Å². The topological polar surface area (TPSA) is 94.6 Å². The number of rotatable bonds is 8. The van der Waals surface area contributed by atoms with Gasteiger partial charge in [-0.05, 0) is 19.4 Å². The summed E-state index contributed by atoms with van der Waals surface area (Å²) in [4.78, 5) is 22.8. The van der Waals surface area contributed by atoms with Gasteiger partial charge in [-0.2, -0.15) is 0 Å². The van der Waals surface area contributed by atoms with E-state index in [-0.39, 0.29) is 11.4 Å². The first-order chi connectivity index (χ1) is 11.5. The first-order valence-corrected chi connectivity index (χ1v) is 8.17. The third kappa shape index (κ3) is 3.50. The minimum atomic E-state index is -0.603. The molecule has 0 fully saturated rings. The minimum Gasteiger partial charge on any atom is -0.500 e. The normalized spacial score (nSPS) is 10.9. The molecule has 2 rings (SSSR count). The van der Waals surface area contributed by atoms with E-state index in [9.17, 15) is 20.0 Å². The second-order valence-electron chi connectivity index (χ2n) is 5.59. The van der Waals surface area contributed by atoms with Crippen molar-refractivity contribution in [3.8, 4) is 11.5 Å². The highest BCUT2D eigenvalue weighted by Gasteiger charge is 2.19. The smallest absolute Gasteiger partial charge is 0.297 e. The van der Waals surface area contributed by atoms with Crippen molar-refractivity contribution in [2.75, 3.05) is 6.61 Å². The maximum atomic E-state index is 12.3. The first kappa shape index (κ1) is 17.8. The molecule has 0 saturated heterocycles. The molecular weight excluding hydrogens is 312 g/mol. The molecule has 1 N–H and O–H groups in total. The van der Waals surface area contributed by atoms with Crippen LogP contribution in [0.3, 0.4) is 0 Å². The largest absolute Gasteiger partial charge is 0.500 e. The SMILES string of the molecule is CCCCCCOc1c(O)c(=O)n(CC)c2cc([N+](=O)[O-])ccc12. The number of benzene rings is 1. The van der Waals surface area contributed by atoms with E-state index in [2.05, 4.69) is 6.92 Å². The third-order valence-corrected chi connectivity index (χ3v) is 3.95. The van der Waals surface area contributed by atoms with Crippen LogP contribution in [0, 0.1) is 10.1 Å². The van der Waals surface area contributed by atoms with E-state index in [4.69, 9.17) is 4.74 Å². The summed E-state index contributed by atoms with van der Waals surface area (Å²) in [5.41, 5.74) is -0.323. The minimum absolute atomic E-state index is 0.103. The first-order valence-electron chi connectivity index (χ1n) is 8.17. The molecule has 0 aliphatic rings. The number of nitro groups is 1. The Bertz CT molecular complexity index is 798. The quantitative estimate of drug-likeness (QED) is 0.452. The number of pyridine rings is 1. The molecule has 24 heavy (non-hydrogen) atoms. The van der Waals surface area contributed by atoms with Crippen LogP contribution in [0.25, 0.3) is 10.9 Å². The van der Waals surface area contributed by atoms with Gasteiger partial charge in [0.15, 0.2) is 5.75 Å². The molecule has 0 unspecified atom stereocenters. The number of hydrogen-bond acceptors (Lipinski definition) is 5. The van der Waals surface area contributed by atoms with Gasteiger partial charge in [-0.3, -0.25) is 14.9 Å². The number of unbranched alkanes of at least 4 members (excludes halogenated alkanes) is 3. The Labute approximate surface area is 139 Å². The van der Waals surface area contributed by atoms with Crippen LogP contribution in [-0.4, -0.2) is 21.2 Å². The highest BCUT2D eigenvalue weighted by atomic mass is 16.6. The molecule has 7 heteroatoms. The molecule has 0 aliphatic heterocycles. The van der Waals surface area contributed by atoms with Gasteiger partial charge in [0.2, 0.25) is 5.75 Å². The van der Waals surface area contributed by atoms with E-state index < -0.39 is 16.2 Å². The predicted octanol–water partition coefficient (Wildman–Crippen LogP) is 3.59. The molecule has 130 valence electrons. The standard InChI is InChI=1S/C17H22N2O5/c1-3-5-6-7-10-24-16-13-9-8-12(19(22)23)11-14(13)18(4-2)17(21)15(16)20/h8-9,11,20H,3-7,10H2,1-2H3. The molecule has 0 saturated carbocycles. The molecule has 0 aliphatic carbocycles. The number of aromatic nitrogens is 1. The fourth-order valence-electron chi connectivity index (χ4n) is 2.67. The van der Waals surface area contributed by atoms with Crippen molar-refractivity contribution >= 4 is 16.6 Å². The van der Waals surface area contributed by atoms with Crippen LogP contribution < -0.4 is 10.3 Å². The van der Waals surface area contributed by atoms with Gasteiger partial charge in [-0.25, -0.2) is 0 Å². The molecule has 2 aromatic rings. The van der Waals surface area contributed by atoms with Crippen LogP contribution in [0.1, 0.15) is 39.5 Å². The van der Waals surface area contributed by atoms with Crippen molar-refractivity contribution in [1.82, 2.24) is 4.57 Å². The van der Waals surface area contributed by atoms with Crippen molar-refractivity contribution in [2.45, 2.75) is 46.1 Å². The van der Waals surface area contributed by atoms with Gasteiger partial charge in [0.1, 0.15) is 0 Å². The average Bonchev–Trinajstić information content (AvgIpc) is 2.57. The van der Waals surface area contributed by atoms with Gasteiger partial charge in [0, 0.05) is 24.1 Å². The molecule has 0 amide bonds. The zero-order valence-corrected chi connectivity index (χ0v) is 13.9. The van der Waals surface area contributed by atoms with E-state index in [1.165, 1.54) is 22.8 Å². The van der Waals surface area contributed by atoms with E-state index in [1.807, 2.05) is 0 Å². The van der Waals surface area contributed by atoms with Crippen LogP contribution in [0.15, 0.2) is 23.0 Å². The van der Waals surface area contributed by atoms with Crippen LogP contribution in [0.2, 0.25) is 0 Å². The van der Waals surface area contributed by atoms with Gasteiger partial charge in [0.05, 0.1) is 17.0 Å². The van der Waals surface area contributed by atoms with Crippen LogP contribution in [0.4, 0.5) is 5.69 Å². The van der Waals surface area contributed by atoms with E-state index in [0.29, 0.717) is 24.1 Å². The lowest BCUT2D eigenvalue weighted by Crippen LogP contribution is -2.20. The summed E-state index contributed by atoms with van der Waals surface area (Å²) >= 11 is 0. The number of non-ortho nitro benzene ring substituents is 1. The molecule has 1 aromatic carbocycles. The number of hydrogen-bond donors (Lipinski definition) is 1. The molecule has 0 radical (unpaired) electrons. The Morgan fingerprint density at radius 3 is 2.62 bits per heavy atom. The summed E-state index contributed by atoms with van der Waals surface area (Å²) in [7, 11) is 0. The molecule has 0 bridgehead atoms. The zero-order chi connectivity index (χ0) is 17.7. The third-order valence-electron chi connectivity index (χ3n) is 3.95. The number of nitrogens with zero attached hydrogens (tertiary/aromatic N) is 2. The average molecular weight is 334 g/mol. The Hall–Kier alpha value is -2.57. The highest BCUT2D eigenvalue weighted by Crippen LogP contribution is 2.34. The second kappa shape index (κ2) is 7.81. The van der Waals surface area contributed by atoms with Crippen LogP contribution >= 0.6 is 0 Å². The molecular formula is C17H22N2O5. The lowest BCUT2D eigenvalue weighted by atomic mass is 10.1. The summed E-state index contributed by atoms with van der Waals surface area (Å²) in [5.74, 6) is -0.347. The fraction of sp³-hybridized carbons (Fsp3) is 0.471. The molecule has 1 heterocycles. The number of ether oxygens (including phenoxy) is 1. The maximum Gasteiger partial charge on any atom is 0.297 e. The van der Waals surface area contributed by atoms with Gasteiger partial charge < -0.3 is 14.4 Å².